The van der Waals surface area contributed by atoms with Gasteiger partial charge in [-0.3, -0.25) is 0 Å². The molecule has 3 nitrogen and oxygen atoms in total. The number of furan rings is 1. The average molecular weight is 395 g/mol. The second kappa shape index (κ2) is 7.25. The van der Waals surface area contributed by atoms with Crippen molar-refractivity contribution in [2.24, 2.45) is 11.8 Å². The van der Waals surface area contributed by atoms with Crippen LogP contribution in [-0.2, 0) is 4.74 Å². The van der Waals surface area contributed by atoms with E-state index in [9.17, 15) is 0 Å². The molecule has 0 aliphatic carbocycles. The molecule has 0 amide bonds. The highest BCUT2D eigenvalue weighted by Gasteiger charge is 2.30. The molecule has 2 unspecified atom stereocenters. The van der Waals surface area contributed by atoms with Crippen molar-refractivity contribution in [3.8, 4) is 0 Å². The summed E-state index contributed by atoms with van der Waals surface area (Å²) in [6.45, 7) is 7.31. The molecule has 0 spiro atoms. The molecule has 2 atom stereocenters. The smallest absolute Gasteiger partial charge is 0.183 e. The van der Waals surface area contributed by atoms with Crippen molar-refractivity contribution < 1.29 is 9.15 Å². The molecule has 1 saturated heterocycles. The van der Waals surface area contributed by atoms with Crippen molar-refractivity contribution in [1.82, 2.24) is 5.32 Å². The van der Waals surface area contributed by atoms with Gasteiger partial charge in [0.2, 0.25) is 0 Å². The van der Waals surface area contributed by atoms with Crippen LogP contribution >= 0.6 is 31.9 Å². The van der Waals surface area contributed by atoms with E-state index < -0.39 is 0 Å². The van der Waals surface area contributed by atoms with Crippen molar-refractivity contribution in [3.63, 3.8) is 0 Å². The van der Waals surface area contributed by atoms with Gasteiger partial charge in [0.15, 0.2) is 4.67 Å². The molecule has 108 valence electrons. The predicted octanol–water partition coefficient (Wildman–Crippen LogP) is 4.52. The van der Waals surface area contributed by atoms with Crippen LogP contribution in [0.25, 0.3) is 0 Å². The van der Waals surface area contributed by atoms with Crippen LogP contribution in [0.4, 0.5) is 0 Å². The molecule has 0 radical (unpaired) electrons. The molecule has 0 saturated carbocycles. The summed E-state index contributed by atoms with van der Waals surface area (Å²) < 4.78 is 13.3. The average Bonchev–Trinajstić information content (AvgIpc) is 2.70. The van der Waals surface area contributed by atoms with Gasteiger partial charge in [-0.1, -0.05) is 13.8 Å². The Morgan fingerprint density at radius 3 is 2.84 bits per heavy atom. The highest BCUT2D eigenvalue weighted by atomic mass is 79.9. The van der Waals surface area contributed by atoms with E-state index in [1.54, 1.807) is 0 Å². The van der Waals surface area contributed by atoms with E-state index in [1.807, 2.05) is 6.07 Å². The Kier molecular flexibility index (Phi) is 5.93. The zero-order valence-electron chi connectivity index (χ0n) is 11.4. The molecule has 1 aromatic rings. The molecule has 19 heavy (non-hydrogen) atoms. The Morgan fingerprint density at radius 1 is 1.42 bits per heavy atom. The van der Waals surface area contributed by atoms with Crippen LogP contribution in [0.15, 0.2) is 19.6 Å². The van der Waals surface area contributed by atoms with Crippen LogP contribution in [0.5, 0.6) is 0 Å². The third-order valence-corrected chi connectivity index (χ3v) is 5.06. The Hall–Kier alpha value is 0.160. The van der Waals surface area contributed by atoms with Gasteiger partial charge < -0.3 is 14.5 Å². The van der Waals surface area contributed by atoms with E-state index in [0.29, 0.717) is 11.8 Å². The standard InChI is InChI=1S/C14H21Br2NO2/c1-9(2)7-17-8-10-4-3-5-18-13(10)12-6-11(15)14(16)19-12/h6,9-10,13,17H,3-5,7-8H2,1-2H3. The van der Waals surface area contributed by atoms with Crippen molar-refractivity contribution in [1.29, 1.82) is 0 Å². The predicted molar refractivity (Wildman–Crippen MR) is 83.2 cm³/mol. The van der Waals surface area contributed by atoms with Crippen LogP contribution in [0, 0.1) is 11.8 Å². The van der Waals surface area contributed by atoms with Gasteiger partial charge >= 0.3 is 0 Å². The molecule has 1 aliphatic heterocycles. The zero-order chi connectivity index (χ0) is 13.8. The minimum absolute atomic E-state index is 0.0658. The molecule has 5 heteroatoms. The fourth-order valence-electron chi connectivity index (χ4n) is 2.43. The van der Waals surface area contributed by atoms with Crippen LogP contribution < -0.4 is 5.32 Å². The van der Waals surface area contributed by atoms with Crippen LogP contribution in [0.2, 0.25) is 0 Å². The topological polar surface area (TPSA) is 34.4 Å². The maximum absolute atomic E-state index is 5.93. The van der Waals surface area contributed by atoms with Crippen molar-refractivity contribution in [2.45, 2.75) is 32.8 Å². The van der Waals surface area contributed by atoms with Crippen LogP contribution in [-0.4, -0.2) is 19.7 Å². The van der Waals surface area contributed by atoms with E-state index in [4.69, 9.17) is 9.15 Å². The fraction of sp³-hybridized carbons (Fsp3) is 0.714. The van der Waals surface area contributed by atoms with E-state index in [-0.39, 0.29) is 6.10 Å². The van der Waals surface area contributed by atoms with Gasteiger partial charge in [-0.25, -0.2) is 0 Å². The first-order valence-electron chi connectivity index (χ1n) is 6.85. The summed E-state index contributed by atoms with van der Waals surface area (Å²) >= 11 is 6.85. The number of halogens is 2. The Morgan fingerprint density at radius 2 is 2.21 bits per heavy atom. The van der Waals surface area contributed by atoms with Gasteiger partial charge in [0.1, 0.15) is 11.9 Å². The van der Waals surface area contributed by atoms with Gasteiger partial charge in [-0.05, 0) is 63.2 Å². The summed E-state index contributed by atoms with van der Waals surface area (Å²) in [7, 11) is 0. The normalized spacial score (nSPS) is 24.1. The second-order valence-electron chi connectivity index (χ2n) is 5.52. The molecular formula is C14H21Br2NO2. The first-order chi connectivity index (χ1) is 9.08. The summed E-state index contributed by atoms with van der Waals surface area (Å²) in [6, 6.07) is 2.01. The van der Waals surface area contributed by atoms with Crippen LogP contribution in [0.1, 0.15) is 38.6 Å². The summed E-state index contributed by atoms with van der Waals surface area (Å²) in [5.74, 6) is 2.07. The molecule has 2 rings (SSSR count). The highest BCUT2D eigenvalue weighted by molar-refractivity contribution is 9.13. The lowest BCUT2D eigenvalue weighted by Gasteiger charge is -2.30. The van der Waals surface area contributed by atoms with E-state index in [1.165, 1.54) is 6.42 Å². The van der Waals surface area contributed by atoms with Crippen molar-refractivity contribution in [2.75, 3.05) is 19.7 Å². The summed E-state index contributed by atoms with van der Waals surface area (Å²) in [6.07, 6.45) is 2.38. The van der Waals surface area contributed by atoms with Gasteiger partial charge in [0, 0.05) is 19.1 Å². The molecule has 2 heterocycles. The largest absolute Gasteiger partial charge is 0.450 e. The second-order valence-corrected chi connectivity index (χ2v) is 7.09. The van der Waals surface area contributed by atoms with Crippen molar-refractivity contribution in [3.05, 3.63) is 21.0 Å². The number of hydrogen-bond acceptors (Lipinski definition) is 3. The van der Waals surface area contributed by atoms with Crippen LogP contribution in [0.3, 0.4) is 0 Å². The van der Waals surface area contributed by atoms with E-state index >= 15 is 0 Å². The minimum atomic E-state index is 0.0658. The summed E-state index contributed by atoms with van der Waals surface area (Å²) in [5.41, 5.74) is 0. The first-order valence-corrected chi connectivity index (χ1v) is 8.43. The molecule has 1 fully saturated rings. The first kappa shape index (κ1) is 15.5. The third-order valence-electron chi connectivity index (χ3n) is 3.35. The van der Waals surface area contributed by atoms with Gasteiger partial charge in [-0.2, -0.15) is 0 Å². The molecule has 1 aromatic heterocycles. The number of hydrogen-bond donors (Lipinski definition) is 1. The highest BCUT2D eigenvalue weighted by Crippen LogP contribution is 2.38. The number of nitrogens with one attached hydrogen (secondary N) is 1. The maximum atomic E-state index is 5.93. The Bertz CT molecular complexity index is 387. The SMILES string of the molecule is CC(C)CNCC1CCCOC1c1cc(Br)c(Br)o1. The minimum Gasteiger partial charge on any atom is -0.450 e. The molecule has 1 aliphatic rings. The third kappa shape index (κ3) is 4.31. The summed E-state index contributed by atoms with van der Waals surface area (Å²) in [5, 5.41) is 3.53. The number of ether oxygens (including phenoxy) is 1. The van der Waals surface area contributed by atoms with E-state index in [2.05, 4.69) is 51.0 Å². The summed E-state index contributed by atoms with van der Waals surface area (Å²) in [4.78, 5) is 0. The lowest BCUT2D eigenvalue weighted by Crippen LogP contribution is -2.33. The van der Waals surface area contributed by atoms with Gasteiger partial charge in [-0.15, -0.1) is 0 Å². The molecule has 0 bridgehead atoms. The fourth-order valence-corrected chi connectivity index (χ4v) is 3.04. The zero-order valence-corrected chi connectivity index (χ0v) is 14.6. The lowest BCUT2D eigenvalue weighted by molar-refractivity contribution is -0.0400. The van der Waals surface area contributed by atoms with E-state index in [0.717, 1.165) is 41.0 Å². The van der Waals surface area contributed by atoms with Gasteiger partial charge in [0.25, 0.3) is 0 Å². The Balaban J connectivity index is 1.99. The lowest BCUT2D eigenvalue weighted by atomic mass is 9.92. The molecule has 1 N–H and O–H groups in total. The molecular weight excluding hydrogens is 374 g/mol. The molecule has 0 aromatic carbocycles. The van der Waals surface area contributed by atoms with Gasteiger partial charge in [0.05, 0.1) is 4.47 Å². The number of rotatable bonds is 5. The monoisotopic (exact) mass is 393 g/mol. The quantitative estimate of drug-likeness (QED) is 0.797. The maximum Gasteiger partial charge on any atom is 0.183 e. The van der Waals surface area contributed by atoms with Crippen molar-refractivity contribution >= 4 is 31.9 Å². The Labute approximate surface area is 131 Å².